The molecule has 0 saturated carbocycles. The minimum Gasteiger partial charge on any atom is -0.378 e. The van der Waals surface area contributed by atoms with E-state index in [1.54, 1.807) is 29.3 Å². The average molecular weight is 494 g/mol. The molecule has 0 bridgehead atoms. The van der Waals surface area contributed by atoms with E-state index in [0.717, 1.165) is 15.8 Å². The Morgan fingerprint density at radius 3 is 2.30 bits per heavy atom. The highest BCUT2D eigenvalue weighted by Gasteiger charge is 2.29. The fourth-order valence-corrected chi connectivity index (χ4v) is 5.04. The second-order valence-electron chi connectivity index (χ2n) is 8.18. The number of ether oxygens (including phenoxy) is 1. The lowest BCUT2D eigenvalue weighted by Gasteiger charge is -2.37. The number of halogens is 1. The molecule has 2 saturated heterocycles. The van der Waals surface area contributed by atoms with Crippen molar-refractivity contribution >= 4 is 39.0 Å². The Morgan fingerprint density at radius 2 is 1.70 bits per heavy atom. The van der Waals surface area contributed by atoms with E-state index < -0.39 is 10.0 Å². The molecule has 0 radical (unpaired) electrons. The molecule has 2 fully saturated rings. The maximum atomic E-state index is 13.6. The average Bonchev–Trinajstić information content (AvgIpc) is 2.84. The molecule has 0 N–H and O–H groups in total. The van der Waals surface area contributed by atoms with E-state index in [4.69, 9.17) is 16.3 Å². The van der Waals surface area contributed by atoms with Gasteiger partial charge in [0.1, 0.15) is 5.82 Å². The van der Waals surface area contributed by atoms with Crippen molar-refractivity contribution in [2.24, 2.45) is 0 Å². The fourth-order valence-electron chi connectivity index (χ4n) is 4.00. The Hall–Kier alpha value is -2.40. The Kier molecular flexibility index (Phi) is 7.08. The lowest BCUT2D eigenvalue weighted by Crippen LogP contribution is -2.49. The summed E-state index contributed by atoms with van der Waals surface area (Å²) in [6, 6.07) is 8.48. The van der Waals surface area contributed by atoms with Crippen LogP contribution in [0.2, 0.25) is 5.02 Å². The predicted octanol–water partition coefficient (Wildman–Crippen LogP) is 1.78. The van der Waals surface area contributed by atoms with Crippen molar-refractivity contribution in [3.05, 3.63) is 47.1 Å². The minimum atomic E-state index is -3.67. The molecular formula is C22H28ClN5O4S. The molecule has 2 aromatic rings. The van der Waals surface area contributed by atoms with Gasteiger partial charge in [-0.05, 0) is 30.3 Å². The van der Waals surface area contributed by atoms with Crippen LogP contribution in [0.3, 0.4) is 0 Å². The zero-order valence-corrected chi connectivity index (χ0v) is 20.3. The third-order valence-corrected chi connectivity index (χ3v) is 7.97. The van der Waals surface area contributed by atoms with Gasteiger partial charge in [-0.15, -0.1) is 0 Å². The maximum Gasteiger partial charge on any atom is 0.256 e. The number of amides is 1. The van der Waals surface area contributed by atoms with E-state index in [2.05, 4.69) is 14.8 Å². The summed E-state index contributed by atoms with van der Waals surface area (Å²) >= 11 is 5.93. The standard InChI is InChI=1S/C22H28ClN5O4S/c1-25(2)33(30,31)18-4-5-20(26-11-13-32-14-12-26)19(15-18)22(29)28-9-7-27(8-10-28)21-6-3-17(23)16-24-21/h3-6,15-16H,7-14H2,1-2H3. The number of nitrogens with zero attached hydrogens (tertiary/aromatic N) is 5. The summed E-state index contributed by atoms with van der Waals surface area (Å²) in [5.74, 6) is 0.649. The summed E-state index contributed by atoms with van der Waals surface area (Å²) in [4.78, 5) is 24.0. The maximum absolute atomic E-state index is 13.6. The number of hydrogen-bond donors (Lipinski definition) is 0. The van der Waals surface area contributed by atoms with Crippen molar-refractivity contribution in [3.8, 4) is 0 Å². The van der Waals surface area contributed by atoms with Gasteiger partial charge in [0.2, 0.25) is 10.0 Å². The van der Waals surface area contributed by atoms with Crippen LogP contribution in [-0.4, -0.2) is 95.1 Å². The molecule has 33 heavy (non-hydrogen) atoms. The van der Waals surface area contributed by atoms with Crippen molar-refractivity contribution in [1.29, 1.82) is 0 Å². The third kappa shape index (κ3) is 5.08. The van der Waals surface area contributed by atoms with Gasteiger partial charge in [0.25, 0.3) is 5.91 Å². The molecule has 4 rings (SSSR count). The first-order valence-corrected chi connectivity index (χ1v) is 12.6. The molecule has 1 aromatic carbocycles. The van der Waals surface area contributed by atoms with Crippen LogP contribution in [0.1, 0.15) is 10.4 Å². The van der Waals surface area contributed by atoms with Gasteiger partial charge in [0.05, 0.1) is 28.7 Å². The molecule has 0 aliphatic carbocycles. The van der Waals surface area contributed by atoms with E-state index in [1.165, 1.54) is 20.2 Å². The number of morpholine rings is 1. The molecule has 0 unspecified atom stereocenters. The van der Waals surface area contributed by atoms with Crippen molar-refractivity contribution in [3.63, 3.8) is 0 Å². The highest BCUT2D eigenvalue weighted by atomic mass is 35.5. The predicted molar refractivity (Wildman–Crippen MR) is 128 cm³/mol. The highest BCUT2D eigenvalue weighted by molar-refractivity contribution is 7.89. The Morgan fingerprint density at radius 1 is 1.00 bits per heavy atom. The van der Waals surface area contributed by atoms with Gasteiger partial charge in [-0.25, -0.2) is 17.7 Å². The number of benzene rings is 1. The number of pyridine rings is 1. The first kappa shape index (κ1) is 23.7. The number of rotatable bonds is 5. The number of anilines is 2. The van der Waals surface area contributed by atoms with E-state index in [-0.39, 0.29) is 10.8 Å². The van der Waals surface area contributed by atoms with Gasteiger partial charge in [-0.3, -0.25) is 4.79 Å². The largest absolute Gasteiger partial charge is 0.378 e. The van der Waals surface area contributed by atoms with Crippen LogP contribution in [0, 0.1) is 0 Å². The van der Waals surface area contributed by atoms with Crippen LogP contribution in [-0.2, 0) is 14.8 Å². The summed E-state index contributed by atoms with van der Waals surface area (Å²) in [5, 5.41) is 0.579. The second kappa shape index (κ2) is 9.84. The summed E-state index contributed by atoms with van der Waals surface area (Å²) in [7, 11) is -0.702. The van der Waals surface area contributed by atoms with Crippen molar-refractivity contribution < 1.29 is 17.9 Å². The van der Waals surface area contributed by atoms with Gasteiger partial charge < -0.3 is 19.4 Å². The van der Waals surface area contributed by atoms with Gasteiger partial charge in [-0.2, -0.15) is 0 Å². The molecule has 11 heteroatoms. The first-order chi connectivity index (χ1) is 15.8. The molecule has 2 aliphatic heterocycles. The van der Waals surface area contributed by atoms with Gasteiger partial charge in [-0.1, -0.05) is 11.6 Å². The van der Waals surface area contributed by atoms with Crippen LogP contribution in [0.25, 0.3) is 0 Å². The molecule has 178 valence electrons. The number of hydrogen-bond acceptors (Lipinski definition) is 7. The molecule has 0 atom stereocenters. The smallest absolute Gasteiger partial charge is 0.256 e. The molecule has 3 heterocycles. The summed E-state index contributed by atoms with van der Waals surface area (Å²) in [6.07, 6.45) is 1.61. The Labute approximate surface area is 199 Å². The van der Waals surface area contributed by atoms with Crippen LogP contribution in [0.4, 0.5) is 11.5 Å². The number of piperazine rings is 1. The first-order valence-electron chi connectivity index (χ1n) is 10.8. The zero-order chi connectivity index (χ0) is 23.6. The van der Waals surface area contributed by atoms with Gasteiger partial charge in [0.15, 0.2) is 0 Å². The number of carbonyl (C=O) groups is 1. The SMILES string of the molecule is CN(C)S(=O)(=O)c1ccc(N2CCOCC2)c(C(=O)N2CCN(c3ccc(Cl)cn3)CC2)c1. The van der Waals surface area contributed by atoms with E-state index in [0.29, 0.717) is 63.1 Å². The quantitative estimate of drug-likeness (QED) is 0.627. The summed E-state index contributed by atoms with van der Waals surface area (Å²) in [5.41, 5.74) is 1.14. The fraction of sp³-hybridized carbons (Fsp3) is 0.455. The minimum absolute atomic E-state index is 0.108. The molecule has 0 spiro atoms. The van der Waals surface area contributed by atoms with Crippen molar-refractivity contribution in [2.75, 3.05) is 76.4 Å². The highest BCUT2D eigenvalue weighted by Crippen LogP contribution is 2.28. The van der Waals surface area contributed by atoms with Crippen LogP contribution < -0.4 is 9.80 Å². The van der Waals surface area contributed by atoms with Gasteiger partial charge in [0, 0.05) is 65.2 Å². The monoisotopic (exact) mass is 493 g/mol. The zero-order valence-electron chi connectivity index (χ0n) is 18.8. The summed E-state index contributed by atoms with van der Waals surface area (Å²) < 4.78 is 32.1. The number of sulfonamides is 1. The van der Waals surface area contributed by atoms with Crippen LogP contribution in [0.5, 0.6) is 0 Å². The number of carbonyl (C=O) groups excluding carboxylic acids is 1. The molecule has 9 nitrogen and oxygen atoms in total. The van der Waals surface area contributed by atoms with Gasteiger partial charge >= 0.3 is 0 Å². The lowest BCUT2D eigenvalue weighted by molar-refractivity contribution is 0.0745. The Bertz CT molecular complexity index is 1100. The topological polar surface area (TPSA) is 86.3 Å². The van der Waals surface area contributed by atoms with Crippen molar-refractivity contribution in [2.45, 2.75) is 4.90 Å². The second-order valence-corrected chi connectivity index (χ2v) is 10.8. The number of aromatic nitrogens is 1. The third-order valence-electron chi connectivity index (χ3n) is 5.93. The molecule has 1 aromatic heterocycles. The normalized spacial score (nSPS) is 17.5. The van der Waals surface area contributed by atoms with E-state index in [9.17, 15) is 13.2 Å². The Balaban J connectivity index is 1.59. The molecular weight excluding hydrogens is 466 g/mol. The van der Waals surface area contributed by atoms with E-state index >= 15 is 0 Å². The van der Waals surface area contributed by atoms with Crippen molar-refractivity contribution in [1.82, 2.24) is 14.2 Å². The van der Waals surface area contributed by atoms with E-state index in [1.807, 2.05) is 6.07 Å². The lowest BCUT2D eigenvalue weighted by atomic mass is 10.1. The van der Waals surface area contributed by atoms with Crippen LogP contribution in [0.15, 0.2) is 41.4 Å². The molecule has 2 aliphatic rings. The van der Waals surface area contributed by atoms with Crippen LogP contribution >= 0.6 is 11.6 Å². The summed E-state index contributed by atoms with van der Waals surface area (Å²) in [6.45, 7) is 4.71. The molecule has 1 amide bonds.